The quantitative estimate of drug-likeness (QED) is 0.599. The lowest BCUT2D eigenvalue weighted by molar-refractivity contribution is -0.119. The van der Waals surface area contributed by atoms with Gasteiger partial charge in [0.1, 0.15) is 11.4 Å². The van der Waals surface area contributed by atoms with Gasteiger partial charge in [0.15, 0.2) is 28.9 Å². The van der Waals surface area contributed by atoms with E-state index < -0.39 is 0 Å². The fourth-order valence-corrected chi connectivity index (χ4v) is 2.64. The molecule has 10 nitrogen and oxygen atoms in total. The number of nitrogens with two attached hydrogens (primary N) is 2. The highest BCUT2D eigenvalue weighted by atomic mass is 16.5. The predicted octanol–water partition coefficient (Wildman–Crippen LogP) is 1.21. The molecule has 0 spiro atoms. The normalized spacial score (nSPS) is 13.8. The van der Waals surface area contributed by atoms with Gasteiger partial charge in [-0.1, -0.05) is 0 Å². The Morgan fingerprint density at radius 1 is 1.29 bits per heavy atom. The van der Waals surface area contributed by atoms with Gasteiger partial charge in [0.2, 0.25) is 5.91 Å². The second-order valence-corrected chi connectivity index (χ2v) is 6.23. The summed E-state index contributed by atoms with van der Waals surface area (Å²) < 4.78 is 11.2. The van der Waals surface area contributed by atoms with Gasteiger partial charge < -0.3 is 26.3 Å². The van der Waals surface area contributed by atoms with Gasteiger partial charge >= 0.3 is 0 Å². The van der Waals surface area contributed by atoms with Gasteiger partial charge in [0.25, 0.3) is 0 Å². The number of aromatic nitrogens is 3. The van der Waals surface area contributed by atoms with Crippen LogP contribution in [0.3, 0.4) is 0 Å². The fourth-order valence-electron chi connectivity index (χ4n) is 2.64. The molecule has 0 aliphatic heterocycles. The SMILES string of the molecule is CNc1c(N)ncc(O/C(=C/N)c2cnc(N(C)C(=O)C3CC3)cn2)c1OC. The van der Waals surface area contributed by atoms with Crippen LogP contribution in [0.2, 0.25) is 0 Å². The number of rotatable bonds is 7. The van der Waals surface area contributed by atoms with Crippen molar-refractivity contribution in [2.24, 2.45) is 11.7 Å². The van der Waals surface area contributed by atoms with Gasteiger partial charge in [-0.25, -0.2) is 15.0 Å². The van der Waals surface area contributed by atoms with E-state index in [9.17, 15) is 4.79 Å². The van der Waals surface area contributed by atoms with E-state index >= 15 is 0 Å². The minimum atomic E-state index is 0.0465. The molecule has 1 fully saturated rings. The van der Waals surface area contributed by atoms with Crippen molar-refractivity contribution in [2.45, 2.75) is 12.8 Å². The molecule has 0 aromatic carbocycles. The van der Waals surface area contributed by atoms with Gasteiger partial charge in [-0.05, 0) is 12.8 Å². The molecule has 0 bridgehead atoms. The van der Waals surface area contributed by atoms with Gasteiger partial charge in [-0.2, -0.15) is 0 Å². The number of amides is 1. The first kappa shape index (κ1) is 19.2. The van der Waals surface area contributed by atoms with Crippen LogP contribution in [0.4, 0.5) is 17.3 Å². The number of methoxy groups -OCH3 is 1. The van der Waals surface area contributed by atoms with Crippen molar-refractivity contribution < 1.29 is 14.3 Å². The predicted molar refractivity (Wildman–Crippen MR) is 106 cm³/mol. The number of anilines is 3. The minimum absolute atomic E-state index is 0.0465. The maximum Gasteiger partial charge on any atom is 0.231 e. The Bertz CT molecular complexity index is 895. The van der Waals surface area contributed by atoms with Crippen molar-refractivity contribution in [2.75, 3.05) is 37.2 Å². The van der Waals surface area contributed by atoms with Crippen LogP contribution >= 0.6 is 0 Å². The lowest BCUT2D eigenvalue weighted by Crippen LogP contribution is -2.28. The summed E-state index contributed by atoms with van der Waals surface area (Å²) >= 11 is 0. The fraction of sp³-hybridized carbons (Fsp3) is 0.333. The molecule has 2 aromatic heterocycles. The Kier molecular flexibility index (Phi) is 5.48. The summed E-state index contributed by atoms with van der Waals surface area (Å²) in [5.41, 5.74) is 12.5. The summed E-state index contributed by atoms with van der Waals surface area (Å²) in [6.07, 6.45) is 7.53. The molecule has 1 amide bonds. The smallest absolute Gasteiger partial charge is 0.231 e. The molecule has 0 atom stereocenters. The van der Waals surface area contributed by atoms with Gasteiger partial charge in [0.05, 0.1) is 25.7 Å². The van der Waals surface area contributed by atoms with E-state index in [1.54, 1.807) is 14.1 Å². The van der Waals surface area contributed by atoms with Crippen molar-refractivity contribution in [1.29, 1.82) is 0 Å². The van der Waals surface area contributed by atoms with E-state index in [0.29, 0.717) is 28.7 Å². The van der Waals surface area contributed by atoms with E-state index in [0.717, 1.165) is 12.8 Å². The van der Waals surface area contributed by atoms with Crippen LogP contribution in [0.5, 0.6) is 11.5 Å². The zero-order valence-corrected chi connectivity index (χ0v) is 16.0. The Morgan fingerprint density at radius 2 is 2.04 bits per heavy atom. The Hall–Kier alpha value is -3.56. The molecule has 28 heavy (non-hydrogen) atoms. The molecule has 5 N–H and O–H groups in total. The Labute approximate surface area is 162 Å². The Morgan fingerprint density at radius 3 is 2.57 bits per heavy atom. The topological polar surface area (TPSA) is 142 Å². The number of pyridine rings is 1. The standard InChI is InChI=1S/C18H23N7O3/c1-21-15-16(27-3)13(8-24-17(15)20)28-12(6-19)11-7-23-14(9-22-11)25(2)18(26)10-4-5-10/h6-10,21H,4-5,19H2,1-3H3,(H2,20,24)/b12-6+. The summed E-state index contributed by atoms with van der Waals surface area (Å²) in [6, 6.07) is 0. The first-order valence-electron chi connectivity index (χ1n) is 8.70. The summed E-state index contributed by atoms with van der Waals surface area (Å²) in [6.45, 7) is 0. The zero-order valence-electron chi connectivity index (χ0n) is 16.0. The number of carbonyl (C=O) groups is 1. The maximum absolute atomic E-state index is 12.1. The minimum Gasteiger partial charge on any atom is -0.491 e. The number of ether oxygens (including phenoxy) is 2. The van der Waals surface area contributed by atoms with Crippen LogP contribution in [0.15, 0.2) is 24.8 Å². The third kappa shape index (κ3) is 3.75. The zero-order chi connectivity index (χ0) is 20.3. The van der Waals surface area contributed by atoms with E-state index in [-0.39, 0.29) is 23.4 Å². The van der Waals surface area contributed by atoms with Gasteiger partial charge in [-0.15, -0.1) is 0 Å². The number of carbonyl (C=O) groups excluding carboxylic acids is 1. The van der Waals surface area contributed by atoms with Crippen molar-refractivity contribution in [3.05, 3.63) is 30.5 Å². The monoisotopic (exact) mass is 385 g/mol. The molecular formula is C18H23N7O3. The highest BCUT2D eigenvalue weighted by Gasteiger charge is 2.33. The lowest BCUT2D eigenvalue weighted by Gasteiger charge is -2.17. The van der Waals surface area contributed by atoms with Crippen molar-refractivity contribution >= 4 is 29.0 Å². The van der Waals surface area contributed by atoms with Crippen LogP contribution < -0.4 is 31.2 Å². The summed E-state index contributed by atoms with van der Waals surface area (Å²) in [4.78, 5) is 26.3. The van der Waals surface area contributed by atoms with Crippen LogP contribution in [0, 0.1) is 5.92 Å². The third-order valence-electron chi connectivity index (χ3n) is 4.34. The number of nitrogen functional groups attached to an aromatic ring is 1. The largest absolute Gasteiger partial charge is 0.491 e. The van der Waals surface area contributed by atoms with Gasteiger partial charge in [0, 0.05) is 26.2 Å². The molecule has 3 rings (SSSR count). The number of nitrogens with one attached hydrogen (secondary N) is 1. The average Bonchev–Trinajstić information content (AvgIpc) is 3.57. The molecule has 1 saturated carbocycles. The van der Waals surface area contributed by atoms with Crippen molar-refractivity contribution in [3.8, 4) is 11.5 Å². The summed E-state index contributed by atoms with van der Waals surface area (Å²) in [5.74, 6) is 1.82. The molecular weight excluding hydrogens is 362 g/mol. The number of hydrogen-bond donors (Lipinski definition) is 3. The summed E-state index contributed by atoms with van der Waals surface area (Å²) in [5, 5.41) is 2.92. The molecule has 2 heterocycles. The van der Waals surface area contributed by atoms with E-state index in [1.165, 1.54) is 36.8 Å². The summed E-state index contributed by atoms with van der Waals surface area (Å²) in [7, 11) is 4.88. The third-order valence-corrected chi connectivity index (χ3v) is 4.34. The second kappa shape index (κ2) is 7.99. The molecule has 2 aromatic rings. The van der Waals surface area contributed by atoms with Crippen LogP contribution in [0.1, 0.15) is 18.5 Å². The molecule has 0 radical (unpaired) electrons. The van der Waals surface area contributed by atoms with Crippen LogP contribution in [-0.2, 0) is 4.79 Å². The second-order valence-electron chi connectivity index (χ2n) is 6.23. The highest BCUT2D eigenvalue weighted by Crippen LogP contribution is 2.39. The molecule has 148 valence electrons. The maximum atomic E-state index is 12.1. The molecule has 0 saturated heterocycles. The first-order valence-corrected chi connectivity index (χ1v) is 8.70. The molecule has 0 unspecified atom stereocenters. The highest BCUT2D eigenvalue weighted by molar-refractivity contribution is 5.95. The Balaban J connectivity index is 1.82. The average molecular weight is 385 g/mol. The van der Waals surface area contributed by atoms with Crippen LogP contribution in [-0.4, -0.2) is 42.1 Å². The number of nitrogens with zero attached hydrogens (tertiary/aromatic N) is 4. The first-order chi connectivity index (χ1) is 13.5. The molecule has 1 aliphatic carbocycles. The van der Waals surface area contributed by atoms with Crippen molar-refractivity contribution in [3.63, 3.8) is 0 Å². The van der Waals surface area contributed by atoms with E-state index in [2.05, 4.69) is 20.3 Å². The number of hydrogen-bond acceptors (Lipinski definition) is 9. The molecule has 10 heteroatoms. The van der Waals surface area contributed by atoms with Crippen LogP contribution in [0.25, 0.3) is 5.76 Å². The lowest BCUT2D eigenvalue weighted by atomic mass is 10.3. The van der Waals surface area contributed by atoms with E-state index in [4.69, 9.17) is 20.9 Å². The van der Waals surface area contributed by atoms with Crippen molar-refractivity contribution in [1.82, 2.24) is 15.0 Å². The van der Waals surface area contributed by atoms with E-state index in [1.807, 2.05) is 0 Å². The van der Waals surface area contributed by atoms with Gasteiger partial charge in [-0.3, -0.25) is 9.69 Å². The molecule has 1 aliphatic rings.